The molecule has 1 rings (SSSR count). The van der Waals surface area contributed by atoms with Crippen LogP contribution < -0.4 is 10.6 Å². The number of rotatable bonds is 5. The summed E-state index contributed by atoms with van der Waals surface area (Å²) in [6.07, 6.45) is 3.39. The van der Waals surface area contributed by atoms with E-state index in [9.17, 15) is 9.59 Å². The second-order valence-electron chi connectivity index (χ2n) is 3.68. The van der Waals surface area contributed by atoms with Crippen LogP contribution >= 0.6 is 0 Å². The molecule has 0 atom stereocenters. The van der Waals surface area contributed by atoms with E-state index < -0.39 is 5.97 Å². The standard InChI is InChI=1S/C13H16N2O3/c1-2-8-14-13(18)15-11-5-3-4-10(9-11)6-7-12(16)17/h3-7,9H,2,8H2,1H3,(H,16,17)(H2,14,15,18)/b7-6+. The minimum atomic E-state index is -1.01. The van der Waals surface area contributed by atoms with Crippen molar-refractivity contribution in [3.05, 3.63) is 35.9 Å². The van der Waals surface area contributed by atoms with Gasteiger partial charge in [-0.25, -0.2) is 9.59 Å². The van der Waals surface area contributed by atoms with Crippen molar-refractivity contribution < 1.29 is 14.7 Å². The van der Waals surface area contributed by atoms with Crippen LogP contribution in [0.15, 0.2) is 30.3 Å². The maximum absolute atomic E-state index is 11.4. The Kier molecular flexibility index (Phi) is 5.44. The molecule has 0 aliphatic rings. The van der Waals surface area contributed by atoms with Crippen molar-refractivity contribution in [3.63, 3.8) is 0 Å². The molecule has 0 heterocycles. The Hall–Kier alpha value is -2.30. The fraction of sp³-hybridized carbons (Fsp3) is 0.231. The maximum atomic E-state index is 11.4. The van der Waals surface area contributed by atoms with E-state index in [1.54, 1.807) is 24.3 Å². The third kappa shape index (κ3) is 5.16. The molecule has 96 valence electrons. The number of carboxylic acids is 1. The van der Waals surface area contributed by atoms with Gasteiger partial charge in [-0.15, -0.1) is 0 Å². The van der Waals surface area contributed by atoms with E-state index in [-0.39, 0.29) is 6.03 Å². The fourth-order valence-electron chi connectivity index (χ4n) is 1.30. The van der Waals surface area contributed by atoms with Crippen molar-refractivity contribution in [2.24, 2.45) is 0 Å². The lowest BCUT2D eigenvalue weighted by Crippen LogP contribution is -2.29. The van der Waals surface area contributed by atoms with E-state index in [0.29, 0.717) is 17.8 Å². The van der Waals surface area contributed by atoms with Gasteiger partial charge >= 0.3 is 12.0 Å². The molecule has 0 bridgehead atoms. The summed E-state index contributed by atoms with van der Waals surface area (Å²) in [5, 5.41) is 13.9. The minimum Gasteiger partial charge on any atom is -0.478 e. The molecule has 0 radical (unpaired) electrons. The molecule has 1 aromatic carbocycles. The second kappa shape index (κ2) is 7.11. The van der Waals surface area contributed by atoms with Crippen molar-refractivity contribution in [1.29, 1.82) is 0 Å². The average molecular weight is 248 g/mol. The largest absolute Gasteiger partial charge is 0.478 e. The second-order valence-corrected chi connectivity index (χ2v) is 3.68. The summed E-state index contributed by atoms with van der Waals surface area (Å²) in [4.78, 5) is 21.8. The summed E-state index contributed by atoms with van der Waals surface area (Å²) < 4.78 is 0. The molecular weight excluding hydrogens is 232 g/mol. The number of nitrogens with one attached hydrogen (secondary N) is 2. The summed E-state index contributed by atoms with van der Waals surface area (Å²) >= 11 is 0. The Labute approximate surface area is 106 Å². The molecule has 0 aliphatic carbocycles. The Morgan fingerprint density at radius 1 is 1.39 bits per heavy atom. The van der Waals surface area contributed by atoms with Crippen LogP contribution in [0.1, 0.15) is 18.9 Å². The van der Waals surface area contributed by atoms with E-state index >= 15 is 0 Å². The molecule has 0 fully saturated rings. The lowest BCUT2D eigenvalue weighted by Gasteiger charge is -2.07. The number of carboxylic acid groups (broad SMARTS) is 1. The summed E-state index contributed by atoms with van der Waals surface area (Å²) in [7, 11) is 0. The van der Waals surface area contributed by atoms with Crippen LogP contribution in [0.3, 0.4) is 0 Å². The van der Waals surface area contributed by atoms with E-state index in [4.69, 9.17) is 5.11 Å². The highest BCUT2D eigenvalue weighted by Gasteiger charge is 2.00. The third-order valence-corrected chi connectivity index (χ3v) is 2.10. The van der Waals surface area contributed by atoms with Crippen molar-refractivity contribution in [2.45, 2.75) is 13.3 Å². The van der Waals surface area contributed by atoms with Crippen molar-refractivity contribution >= 4 is 23.8 Å². The molecule has 0 saturated carbocycles. The minimum absolute atomic E-state index is 0.267. The summed E-state index contributed by atoms with van der Waals surface area (Å²) in [5.74, 6) is -1.01. The molecule has 5 nitrogen and oxygen atoms in total. The Bertz CT molecular complexity index is 455. The number of urea groups is 1. The first-order chi connectivity index (χ1) is 8.61. The Morgan fingerprint density at radius 3 is 2.83 bits per heavy atom. The van der Waals surface area contributed by atoms with Gasteiger partial charge in [0, 0.05) is 18.3 Å². The average Bonchev–Trinajstić information content (AvgIpc) is 2.34. The highest BCUT2D eigenvalue weighted by atomic mass is 16.4. The number of amides is 2. The van der Waals surface area contributed by atoms with Crippen molar-refractivity contribution in [1.82, 2.24) is 5.32 Å². The van der Waals surface area contributed by atoms with Crippen LogP contribution in [-0.4, -0.2) is 23.7 Å². The third-order valence-electron chi connectivity index (χ3n) is 2.10. The quantitative estimate of drug-likeness (QED) is 0.700. The SMILES string of the molecule is CCCNC(=O)Nc1cccc(/C=C/C(=O)O)c1. The molecule has 5 heteroatoms. The number of hydrogen-bond acceptors (Lipinski definition) is 2. The van der Waals surface area contributed by atoms with Gasteiger partial charge in [0.2, 0.25) is 0 Å². The smallest absolute Gasteiger partial charge is 0.328 e. The van der Waals surface area contributed by atoms with Gasteiger partial charge in [0.1, 0.15) is 0 Å². The molecule has 3 N–H and O–H groups in total. The fourth-order valence-corrected chi connectivity index (χ4v) is 1.30. The predicted molar refractivity (Wildman–Crippen MR) is 70.4 cm³/mol. The van der Waals surface area contributed by atoms with Gasteiger partial charge in [-0.3, -0.25) is 0 Å². The summed E-state index contributed by atoms with van der Waals surface area (Å²) in [6, 6.07) is 6.68. The molecule has 0 aromatic heterocycles. The highest BCUT2D eigenvalue weighted by Crippen LogP contribution is 2.11. The zero-order valence-electron chi connectivity index (χ0n) is 10.1. The molecule has 1 aromatic rings. The number of hydrogen-bond donors (Lipinski definition) is 3. The van der Waals surface area contributed by atoms with Crippen LogP contribution in [0, 0.1) is 0 Å². The summed E-state index contributed by atoms with van der Waals surface area (Å²) in [6.45, 7) is 2.59. The number of anilines is 1. The van der Waals surface area contributed by atoms with Gasteiger partial charge in [-0.1, -0.05) is 19.1 Å². The number of carbonyl (C=O) groups excluding carboxylic acids is 1. The lowest BCUT2D eigenvalue weighted by molar-refractivity contribution is -0.131. The van der Waals surface area contributed by atoms with Crippen molar-refractivity contribution in [3.8, 4) is 0 Å². The van der Waals surface area contributed by atoms with Gasteiger partial charge in [0.25, 0.3) is 0 Å². The molecule has 18 heavy (non-hydrogen) atoms. The molecule has 0 aliphatic heterocycles. The van der Waals surface area contributed by atoms with E-state index in [2.05, 4.69) is 10.6 Å². The normalized spacial score (nSPS) is 10.3. The number of carbonyl (C=O) groups is 2. The molecule has 0 saturated heterocycles. The highest BCUT2D eigenvalue weighted by molar-refractivity contribution is 5.90. The predicted octanol–water partition coefficient (Wildman–Crippen LogP) is 2.32. The monoisotopic (exact) mass is 248 g/mol. The molecule has 0 spiro atoms. The van der Waals surface area contributed by atoms with E-state index in [1.165, 1.54) is 6.08 Å². The van der Waals surface area contributed by atoms with Crippen LogP contribution in [0.4, 0.5) is 10.5 Å². The van der Waals surface area contributed by atoms with Crippen LogP contribution in [-0.2, 0) is 4.79 Å². The van der Waals surface area contributed by atoms with E-state index in [0.717, 1.165) is 12.5 Å². The van der Waals surface area contributed by atoms with Gasteiger partial charge in [0.05, 0.1) is 0 Å². The zero-order chi connectivity index (χ0) is 13.4. The van der Waals surface area contributed by atoms with E-state index in [1.807, 2.05) is 6.92 Å². The molecular formula is C13H16N2O3. The maximum Gasteiger partial charge on any atom is 0.328 e. The van der Waals surface area contributed by atoms with Gasteiger partial charge in [0.15, 0.2) is 0 Å². The lowest BCUT2D eigenvalue weighted by atomic mass is 10.2. The molecule has 0 unspecified atom stereocenters. The van der Waals surface area contributed by atoms with Crippen molar-refractivity contribution in [2.75, 3.05) is 11.9 Å². The van der Waals surface area contributed by atoms with Crippen LogP contribution in [0.2, 0.25) is 0 Å². The Morgan fingerprint density at radius 2 is 2.17 bits per heavy atom. The van der Waals surface area contributed by atoms with Crippen LogP contribution in [0.25, 0.3) is 6.08 Å². The first kappa shape index (κ1) is 13.8. The van der Waals surface area contributed by atoms with Gasteiger partial charge in [-0.2, -0.15) is 0 Å². The summed E-state index contributed by atoms with van der Waals surface area (Å²) in [5.41, 5.74) is 1.34. The zero-order valence-corrected chi connectivity index (χ0v) is 10.1. The number of benzene rings is 1. The first-order valence-corrected chi connectivity index (χ1v) is 5.67. The molecule has 2 amide bonds. The first-order valence-electron chi connectivity index (χ1n) is 5.67. The Balaban J connectivity index is 2.64. The number of aliphatic carboxylic acids is 1. The topological polar surface area (TPSA) is 78.4 Å². The van der Waals surface area contributed by atoms with Gasteiger partial charge < -0.3 is 15.7 Å². The van der Waals surface area contributed by atoms with Gasteiger partial charge in [-0.05, 0) is 30.2 Å². The van der Waals surface area contributed by atoms with Crippen LogP contribution in [0.5, 0.6) is 0 Å².